The van der Waals surface area contributed by atoms with E-state index in [1.165, 1.54) is 12.0 Å². The first-order valence-corrected chi connectivity index (χ1v) is 7.46. The minimum Gasteiger partial charge on any atom is -0.449 e. The van der Waals surface area contributed by atoms with Crippen molar-refractivity contribution in [2.45, 2.75) is 50.7 Å². The van der Waals surface area contributed by atoms with Crippen LogP contribution in [0.5, 0.6) is 0 Å². The second kappa shape index (κ2) is 5.31. The Bertz CT molecular complexity index is 515. The monoisotopic (exact) mass is 271 g/mol. The number of ether oxygens (including phenoxy) is 1. The van der Waals surface area contributed by atoms with E-state index in [0.717, 1.165) is 31.4 Å². The Balaban J connectivity index is 1.78. The van der Waals surface area contributed by atoms with Gasteiger partial charge in [0.05, 0.1) is 5.70 Å². The third-order valence-electron chi connectivity index (χ3n) is 4.38. The van der Waals surface area contributed by atoms with Crippen molar-refractivity contribution in [2.24, 2.45) is 0 Å². The van der Waals surface area contributed by atoms with Gasteiger partial charge in [-0.1, -0.05) is 36.8 Å². The SMILES string of the molecule is CC(NC1=CC(=O)OC12CCCCC2)c1ccccc1. The molecule has 0 amide bonds. The fraction of sp³-hybridized carbons (Fsp3) is 0.471. The summed E-state index contributed by atoms with van der Waals surface area (Å²) in [5.41, 5.74) is 1.82. The standard InChI is InChI=1S/C17H21NO2/c1-13(14-8-4-2-5-9-14)18-15-12-16(19)20-17(15)10-6-3-7-11-17/h2,4-5,8-9,12-13,18H,3,6-7,10-11H2,1H3. The van der Waals surface area contributed by atoms with Crippen molar-refractivity contribution in [1.29, 1.82) is 0 Å². The largest absolute Gasteiger partial charge is 0.449 e. The number of hydrogen-bond donors (Lipinski definition) is 1. The molecule has 0 radical (unpaired) electrons. The van der Waals surface area contributed by atoms with Crippen LogP contribution in [0.1, 0.15) is 50.6 Å². The highest BCUT2D eigenvalue weighted by atomic mass is 16.6. The van der Waals surface area contributed by atoms with Crippen molar-refractivity contribution >= 4 is 5.97 Å². The second-order valence-electron chi connectivity index (χ2n) is 5.81. The van der Waals surface area contributed by atoms with Crippen LogP contribution in [0.25, 0.3) is 0 Å². The van der Waals surface area contributed by atoms with Gasteiger partial charge >= 0.3 is 5.97 Å². The molecule has 0 aromatic heterocycles. The average Bonchev–Trinajstić information content (AvgIpc) is 2.76. The number of esters is 1. The maximum Gasteiger partial charge on any atom is 0.333 e. The molecule has 1 atom stereocenters. The van der Waals surface area contributed by atoms with Crippen LogP contribution in [0.3, 0.4) is 0 Å². The van der Waals surface area contributed by atoms with Crippen molar-refractivity contribution in [3.05, 3.63) is 47.7 Å². The van der Waals surface area contributed by atoms with Gasteiger partial charge in [-0.05, 0) is 38.2 Å². The molecule has 106 valence electrons. The molecular weight excluding hydrogens is 250 g/mol. The maximum absolute atomic E-state index is 11.7. The van der Waals surface area contributed by atoms with E-state index >= 15 is 0 Å². The van der Waals surface area contributed by atoms with E-state index in [9.17, 15) is 4.79 Å². The summed E-state index contributed by atoms with van der Waals surface area (Å²) in [5.74, 6) is -0.199. The topological polar surface area (TPSA) is 38.3 Å². The van der Waals surface area contributed by atoms with E-state index in [0.29, 0.717) is 0 Å². The van der Waals surface area contributed by atoms with Gasteiger partial charge in [0.1, 0.15) is 0 Å². The molecule has 2 aliphatic rings. The Morgan fingerprint density at radius 2 is 1.85 bits per heavy atom. The predicted octanol–water partition coefficient (Wildman–Crippen LogP) is 3.48. The summed E-state index contributed by atoms with van der Waals surface area (Å²) < 4.78 is 5.65. The molecule has 1 N–H and O–H groups in total. The molecule has 1 aromatic carbocycles. The number of carbonyl (C=O) groups excluding carboxylic acids is 1. The molecule has 20 heavy (non-hydrogen) atoms. The third-order valence-corrected chi connectivity index (χ3v) is 4.38. The van der Waals surface area contributed by atoms with Crippen molar-refractivity contribution in [1.82, 2.24) is 5.32 Å². The lowest BCUT2D eigenvalue weighted by Gasteiger charge is -2.36. The summed E-state index contributed by atoms with van der Waals surface area (Å²) in [6.45, 7) is 2.12. The summed E-state index contributed by atoms with van der Waals surface area (Å²) in [4.78, 5) is 11.7. The van der Waals surface area contributed by atoms with Crippen molar-refractivity contribution in [3.63, 3.8) is 0 Å². The van der Waals surface area contributed by atoms with Crippen molar-refractivity contribution in [2.75, 3.05) is 0 Å². The lowest BCUT2D eigenvalue weighted by atomic mass is 9.82. The summed E-state index contributed by atoms with van der Waals surface area (Å²) in [7, 11) is 0. The molecule has 1 aliphatic carbocycles. The summed E-state index contributed by atoms with van der Waals surface area (Å²) in [6.07, 6.45) is 7.03. The molecule has 1 heterocycles. The van der Waals surface area contributed by atoms with Crippen LogP contribution in [0.15, 0.2) is 42.1 Å². The van der Waals surface area contributed by atoms with Gasteiger partial charge < -0.3 is 10.1 Å². The zero-order valence-corrected chi connectivity index (χ0v) is 11.9. The van der Waals surface area contributed by atoms with Gasteiger partial charge in [0.25, 0.3) is 0 Å². The Hall–Kier alpha value is -1.77. The first-order chi connectivity index (χ1) is 9.70. The van der Waals surface area contributed by atoms with E-state index < -0.39 is 0 Å². The minimum absolute atomic E-state index is 0.177. The normalized spacial score (nSPS) is 22.2. The van der Waals surface area contributed by atoms with E-state index in [1.807, 2.05) is 18.2 Å². The van der Waals surface area contributed by atoms with Gasteiger partial charge in [-0.15, -0.1) is 0 Å². The summed E-state index contributed by atoms with van der Waals surface area (Å²) in [6, 6.07) is 10.5. The van der Waals surface area contributed by atoms with Crippen LogP contribution in [-0.2, 0) is 9.53 Å². The molecule has 1 aromatic rings. The molecule has 3 rings (SSSR count). The number of rotatable bonds is 3. The van der Waals surface area contributed by atoms with Gasteiger partial charge in [-0.25, -0.2) is 4.79 Å². The molecule has 1 unspecified atom stereocenters. The smallest absolute Gasteiger partial charge is 0.333 e. The number of benzene rings is 1. The van der Waals surface area contributed by atoms with E-state index in [2.05, 4.69) is 24.4 Å². The Morgan fingerprint density at radius 1 is 1.15 bits per heavy atom. The summed E-state index contributed by atoms with van der Waals surface area (Å²) in [5, 5.41) is 3.50. The Kier molecular flexibility index (Phi) is 3.51. The van der Waals surface area contributed by atoms with E-state index in [-0.39, 0.29) is 17.6 Å². The lowest BCUT2D eigenvalue weighted by molar-refractivity contribution is -0.148. The fourth-order valence-corrected chi connectivity index (χ4v) is 3.25. The summed E-state index contributed by atoms with van der Waals surface area (Å²) >= 11 is 0. The van der Waals surface area contributed by atoms with Gasteiger partial charge in [0, 0.05) is 12.1 Å². The van der Waals surface area contributed by atoms with Crippen molar-refractivity contribution < 1.29 is 9.53 Å². The van der Waals surface area contributed by atoms with Crippen LogP contribution >= 0.6 is 0 Å². The quantitative estimate of drug-likeness (QED) is 0.855. The first kappa shape index (κ1) is 13.2. The highest BCUT2D eigenvalue weighted by Crippen LogP contribution is 2.40. The van der Waals surface area contributed by atoms with Crippen LogP contribution in [-0.4, -0.2) is 11.6 Å². The third kappa shape index (κ3) is 2.45. The van der Waals surface area contributed by atoms with Crippen molar-refractivity contribution in [3.8, 4) is 0 Å². The minimum atomic E-state index is -0.377. The Morgan fingerprint density at radius 3 is 2.55 bits per heavy atom. The first-order valence-electron chi connectivity index (χ1n) is 7.46. The highest BCUT2D eigenvalue weighted by molar-refractivity contribution is 5.86. The van der Waals surface area contributed by atoms with Crippen LogP contribution in [0.4, 0.5) is 0 Å². The van der Waals surface area contributed by atoms with Gasteiger partial charge in [0.2, 0.25) is 0 Å². The number of carbonyl (C=O) groups is 1. The van der Waals surface area contributed by atoms with Crippen LogP contribution in [0, 0.1) is 0 Å². The maximum atomic E-state index is 11.7. The molecular formula is C17H21NO2. The van der Waals surface area contributed by atoms with Gasteiger partial charge in [-0.2, -0.15) is 0 Å². The molecule has 1 saturated carbocycles. The van der Waals surface area contributed by atoms with E-state index in [4.69, 9.17) is 4.74 Å². The van der Waals surface area contributed by atoms with Crippen LogP contribution < -0.4 is 5.32 Å². The van der Waals surface area contributed by atoms with Gasteiger partial charge in [-0.3, -0.25) is 0 Å². The molecule has 1 fully saturated rings. The molecule has 1 spiro atoms. The van der Waals surface area contributed by atoms with E-state index in [1.54, 1.807) is 6.08 Å². The second-order valence-corrected chi connectivity index (χ2v) is 5.81. The molecule has 0 saturated heterocycles. The zero-order chi connectivity index (χ0) is 14.0. The molecule has 3 heteroatoms. The number of nitrogens with one attached hydrogen (secondary N) is 1. The number of hydrogen-bond acceptors (Lipinski definition) is 3. The Labute approximate surface area is 120 Å². The molecule has 0 bridgehead atoms. The molecule has 3 nitrogen and oxygen atoms in total. The predicted molar refractivity (Wildman–Crippen MR) is 78.0 cm³/mol. The average molecular weight is 271 g/mol. The zero-order valence-electron chi connectivity index (χ0n) is 11.9. The van der Waals surface area contributed by atoms with Gasteiger partial charge in [0.15, 0.2) is 5.60 Å². The fourth-order valence-electron chi connectivity index (χ4n) is 3.25. The lowest BCUT2D eigenvalue weighted by Crippen LogP contribution is -2.40. The molecule has 1 aliphatic heterocycles. The highest BCUT2D eigenvalue weighted by Gasteiger charge is 2.44. The van der Waals surface area contributed by atoms with Crippen LogP contribution in [0.2, 0.25) is 0 Å².